The van der Waals surface area contributed by atoms with Gasteiger partial charge in [-0.1, -0.05) is 47.5 Å². The third kappa shape index (κ3) is 3.13. The topological polar surface area (TPSA) is 54.3 Å². The average Bonchev–Trinajstić information content (AvgIpc) is 2.93. The van der Waals surface area contributed by atoms with E-state index in [0.29, 0.717) is 5.69 Å². The first-order chi connectivity index (χ1) is 13.8. The Hall–Kier alpha value is -2.67. The van der Waals surface area contributed by atoms with E-state index in [9.17, 15) is 9.59 Å². The van der Waals surface area contributed by atoms with Crippen molar-refractivity contribution in [1.82, 2.24) is 9.88 Å². The minimum Gasteiger partial charge on any atom is -0.347 e. The standard InChI is InChI=1S/C21H15Cl2N3O2S/c1-11-13(12-6-3-4-8-16(12)25(11)2)10-14-19(27)24-21(29)26(20(14)28)17-9-5-7-15(22)18(17)23/h3-10H,1-2H3,(H,24,27,29)/b14-10+. The van der Waals surface area contributed by atoms with E-state index >= 15 is 0 Å². The maximum atomic E-state index is 13.3. The highest BCUT2D eigenvalue weighted by molar-refractivity contribution is 7.80. The average molecular weight is 444 g/mol. The van der Waals surface area contributed by atoms with Gasteiger partial charge in [0.15, 0.2) is 5.11 Å². The van der Waals surface area contributed by atoms with Gasteiger partial charge >= 0.3 is 0 Å². The highest BCUT2D eigenvalue weighted by Gasteiger charge is 2.36. The van der Waals surface area contributed by atoms with Crippen molar-refractivity contribution < 1.29 is 9.59 Å². The van der Waals surface area contributed by atoms with Crippen LogP contribution >= 0.6 is 35.4 Å². The minimum absolute atomic E-state index is 0.0332. The molecule has 3 aromatic rings. The molecule has 1 aliphatic heterocycles. The van der Waals surface area contributed by atoms with Gasteiger partial charge < -0.3 is 4.57 Å². The summed E-state index contributed by atoms with van der Waals surface area (Å²) in [6, 6.07) is 12.7. The van der Waals surface area contributed by atoms with E-state index in [2.05, 4.69) is 5.32 Å². The van der Waals surface area contributed by atoms with Crippen molar-refractivity contribution >= 4 is 75.0 Å². The fourth-order valence-electron chi connectivity index (χ4n) is 3.42. The summed E-state index contributed by atoms with van der Waals surface area (Å²) in [7, 11) is 1.94. The number of anilines is 1. The van der Waals surface area contributed by atoms with Crippen LogP contribution in [0.3, 0.4) is 0 Å². The number of carbonyl (C=O) groups excluding carboxylic acids is 2. The van der Waals surface area contributed by atoms with Gasteiger partial charge in [-0.25, -0.2) is 0 Å². The Morgan fingerprint density at radius 3 is 2.55 bits per heavy atom. The lowest BCUT2D eigenvalue weighted by Gasteiger charge is -2.29. The molecule has 0 bridgehead atoms. The molecular formula is C21H15Cl2N3O2S. The molecule has 4 rings (SSSR count). The Labute approximate surface area is 182 Å². The molecule has 1 N–H and O–H groups in total. The molecule has 1 fully saturated rings. The van der Waals surface area contributed by atoms with Crippen molar-refractivity contribution in [3.63, 3.8) is 0 Å². The fourth-order valence-corrected chi connectivity index (χ4v) is 4.07. The van der Waals surface area contributed by atoms with Crippen LogP contribution in [0.4, 0.5) is 5.69 Å². The zero-order valence-electron chi connectivity index (χ0n) is 15.5. The molecular weight excluding hydrogens is 429 g/mol. The van der Waals surface area contributed by atoms with E-state index in [1.165, 1.54) is 4.90 Å². The van der Waals surface area contributed by atoms with Crippen LogP contribution in [-0.4, -0.2) is 21.5 Å². The first-order valence-electron chi connectivity index (χ1n) is 8.70. The first-order valence-corrected chi connectivity index (χ1v) is 9.87. The van der Waals surface area contributed by atoms with Crippen molar-refractivity contribution in [2.45, 2.75) is 6.92 Å². The summed E-state index contributed by atoms with van der Waals surface area (Å²) < 4.78 is 2.02. The molecule has 0 aliphatic carbocycles. The zero-order chi connectivity index (χ0) is 20.9. The molecule has 146 valence electrons. The van der Waals surface area contributed by atoms with Gasteiger partial charge in [0.25, 0.3) is 11.8 Å². The van der Waals surface area contributed by atoms with E-state index in [-0.39, 0.29) is 20.7 Å². The van der Waals surface area contributed by atoms with Crippen LogP contribution in [0.2, 0.25) is 10.0 Å². The van der Waals surface area contributed by atoms with Gasteiger partial charge in [0.05, 0.1) is 15.7 Å². The van der Waals surface area contributed by atoms with Gasteiger partial charge in [0.2, 0.25) is 0 Å². The molecule has 1 aliphatic rings. The Morgan fingerprint density at radius 1 is 1.07 bits per heavy atom. The van der Waals surface area contributed by atoms with Crippen LogP contribution in [-0.2, 0) is 16.6 Å². The number of carbonyl (C=O) groups is 2. The molecule has 0 unspecified atom stereocenters. The van der Waals surface area contributed by atoms with E-state index in [1.807, 2.05) is 42.8 Å². The number of halogens is 2. The lowest BCUT2D eigenvalue weighted by Crippen LogP contribution is -2.54. The Morgan fingerprint density at radius 2 is 1.79 bits per heavy atom. The summed E-state index contributed by atoms with van der Waals surface area (Å²) in [6.07, 6.45) is 1.60. The van der Waals surface area contributed by atoms with Crippen LogP contribution in [0.25, 0.3) is 17.0 Å². The van der Waals surface area contributed by atoms with E-state index in [1.54, 1.807) is 24.3 Å². The third-order valence-electron chi connectivity index (χ3n) is 5.01. The van der Waals surface area contributed by atoms with Gasteiger partial charge in [-0.2, -0.15) is 0 Å². The van der Waals surface area contributed by atoms with Crippen molar-refractivity contribution in [3.05, 3.63) is 69.3 Å². The smallest absolute Gasteiger partial charge is 0.270 e. The number of aryl methyl sites for hydroxylation is 1. The van der Waals surface area contributed by atoms with E-state index in [4.69, 9.17) is 35.4 Å². The summed E-state index contributed by atoms with van der Waals surface area (Å²) in [5, 5.41) is 3.94. The molecule has 2 heterocycles. The van der Waals surface area contributed by atoms with Gasteiger partial charge in [-0.15, -0.1) is 0 Å². The van der Waals surface area contributed by atoms with Crippen molar-refractivity contribution in [2.75, 3.05) is 4.90 Å². The van der Waals surface area contributed by atoms with Gasteiger partial charge in [-0.05, 0) is 43.4 Å². The molecule has 2 amide bonds. The molecule has 2 aromatic carbocycles. The van der Waals surface area contributed by atoms with Crippen molar-refractivity contribution in [1.29, 1.82) is 0 Å². The van der Waals surface area contributed by atoms with E-state index < -0.39 is 11.8 Å². The molecule has 0 saturated carbocycles. The highest BCUT2D eigenvalue weighted by atomic mass is 35.5. The summed E-state index contributed by atoms with van der Waals surface area (Å²) in [5.74, 6) is -1.11. The maximum Gasteiger partial charge on any atom is 0.270 e. The second-order valence-electron chi connectivity index (χ2n) is 6.61. The molecule has 0 spiro atoms. The van der Waals surface area contributed by atoms with Gasteiger partial charge in [0, 0.05) is 29.2 Å². The Bertz CT molecular complexity index is 1250. The number of amides is 2. The second kappa shape index (κ2) is 7.30. The van der Waals surface area contributed by atoms with Crippen LogP contribution < -0.4 is 10.2 Å². The van der Waals surface area contributed by atoms with E-state index in [0.717, 1.165) is 22.2 Å². The number of aromatic nitrogens is 1. The second-order valence-corrected chi connectivity index (χ2v) is 7.78. The molecule has 1 saturated heterocycles. The van der Waals surface area contributed by atoms with Crippen LogP contribution in [0.5, 0.6) is 0 Å². The fraction of sp³-hybridized carbons (Fsp3) is 0.0952. The predicted molar refractivity (Wildman–Crippen MR) is 120 cm³/mol. The summed E-state index contributed by atoms with van der Waals surface area (Å²) in [4.78, 5) is 27.1. The maximum absolute atomic E-state index is 13.3. The Balaban J connectivity index is 1.88. The number of thiocarbonyl (C=S) groups is 1. The monoisotopic (exact) mass is 443 g/mol. The number of nitrogens with one attached hydrogen (secondary N) is 1. The molecule has 0 atom stereocenters. The molecule has 5 nitrogen and oxygen atoms in total. The van der Waals surface area contributed by atoms with Gasteiger partial charge in [0.1, 0.15) is 5.57 Å². The van der Waals surface area contributed by atoms with Gasteiger partial charge in [-0.3, -0.25) is 19.8 Å². The Kier molecular flexibility index (Phi) is 4.94. The summed E-state index contributed by atoms with van der Waals surface area (Å²) >= 11 is 17.6. The number of hydrogen-bond donors (Lipinski definition) is 1. The molecule has 8 heteroatoms. The quantitative estimate of drug-likeness (QED) is 0.357. The van der Waals surface area contributed by atoms with Crippen LogP contribution in [0.1, 0.15) is 11.3 Å². The number of fused-ring (bicyclic) bond motifs is 1. The number of hydrogen-bond acceptors (Lipinski definition) is 3. The number of para-hydroxylation sites is 1. The third-order valence-corrected chi connectivity index (χ3v) is 6.10. The van der Waals surface area contributed by atoms with Crippen molar-refractivity contribution in [2.24, 2.45) is 7.05 Å². The van der Waals surface area contributed by atoms with Crippen LogP contribution in [0, 0.1) is 6.92 Å². The first kappa shape index (κ1) is 19.6. The number of rotatable bonds is 2. The predicted octanol–water partition coefficient (Wildman–Crippen LogP) is 4.62. The number of benzene rings is 2. The number of nitrogens with zero attached hydrogens (tertiary/aromatic N) is 2. The molecule has 29 heavy (non-hydrogen) atoms. The largest absolute Gasteiger partial charge is 0.347 e. The minimum atomic E-state index is -0.560. The lowest BCUT2D eigenvalue weighted by atomic mass is 10.0. The van der Waals surface area contributed by atoms with Crippen LogP contribution in [0.15, 0.2) is 48.0 Å². The lowest BCUT2D eigenvalue weighted by molar-refractivity contribution is -0.122. The normalized spacial score (nSPS) is 16.1. The van der Waals surface area contributed by atoms with Crippen molar-refractivity contribution in [3.8, 4) is 0 Å². The summed E-state index contributed by atoms with van der Waals surface area (Å²) in [6.45, 7) is 1.94. The highest BCUT2D eigenvalue weighted by Crippen LogP contribution is 2.35. The summed E-state index contributed by atoms with van der Waals surface area (Å²) in [5.41, 5.74) is 3.01. The SMILES string of the molecule is Cc1c(/C=C2\C(=O)NC(=S)N(c3cccc(Cl)c3Cl)C2=O)c2ccccc2n1C. The zero-order valence-corrected chi connectivity index (χ0v) is 17.8. The molecule has 1 aromatic heterocycles. The molecule has 0 radical (unpaired) electrons.